The number of hydrogen-bond acceptors (Lipinski definition) is 3. The first-order chi connectivity index (χ1) is 10.9. The third-order valence-corrected chi connectivity index (χ3v) is 4.52. The van der Waals surface area contributed by atoms with Crippen molar-refractivity contribution >= 4 is 21.6 Å². The summed E-state index contributed by atoms with van der Waals surface area (Å²) in [7, 11) is -3.73. The zero-order valence-electron chi connectivity index (χ0n) is 13.1. The van der Waals surface area contributed by atoms with Crippen molar-refractivity contribution in [3.63, 3.8) is 0 Å². The molecule has 0 atom stereocenters. The minimum Gasteiger partial charge on any atom is -0.352 e. The summed E-state index contributed by atoms with van der Waals surface area (Å²) in [5, 5.41) is 2.79. The summed E-state index contributed by atoms with van der Waals surface area (Å²) >= 11 is 0. The van der Waals surface area contributed by atoms with Crippen molar-refractivity contribution in [2.75, 3.05) is 11.3 Å². The van der Waals surface area contributed by atoms with E-state index >= 15 is 0 Å². The van der Waals surface area contributed by atoms with Crippen molar-refractivity contribution in [3.05, 3.63) is 60.2 Å². The van der Waals surface area contributed by atoms with E-state index in [1.165, 1.54) is 12.1 Å². The van der Waals surface area contributed by atoms with E-state index in [1.54, 1.807) is 42.5 Å². The van der Waals surface area contributed by atoms with Gasteiger partial charge in [0.1, 0.15) is 0 Å². The second kappa shape index (κ2) is 7.28. The van der Waals surface area contributed by atoms with Gasteiger partial charge < -0.3 is 5.32 Å². The minimum absolute atomic E-state index is 0.150. The van der Waals surface area contributed by atoms with Crippen LogP contribution in [-0.2, 0) is 10.0 Å². The molecule has 0 saturated carbocycles. The van der Waals surface area contributed by atoms with Crippen LogP contribution in [0.2, 0.25) is 0 Å². The Morgan fingerprint density at radius 3 is 2.26 bits per heavy atom. The van der Waals surface area contributed by atoms with E-state index in [-0.39, 0.29) is 16.5 Å². The number of carbonyl (C=O) groups is 1. The van der Waals surface area contributed by atoms with Crippen LogP contribution in [0.15, 0.2) is 59.5 Å². The highest BCUT2D eigenvalue weighted by atomic mass is 32.2. The number of nitrogens with one attached hydrogen (secondary N) is 2. The Kier molecular flexibility index (Phi) is 5.39. The molecule has 6 heteroatoms. The fourth-order valence-corrected chi connectivity index (χ4v) is 3.07. The van der Waals surface area contributed by atoms with Crippen LogP contribution in [0.1, 0.15) is 24.2 Å². The molecule has 1 amide bonds. The van der Waals surface area contributed by atoms with Gasteiger partial charge in [-0.05, 0) is 30.2 Å². The molecule has 0 fully saturated rings. The molecule has 23 heavy (non-hydrogen) atoms. The molecule has 2 N–H and O–H groups in total. The second-order valence-corrected chi connectivity index (χ2v) is 7.25. The molecule has 0 aliphatic carbocycles. The molecule has 2 rings (SSSR count). The van der Waals surface area contributed by atoms with E-state index in [0.29, 0.717) is 18.0 Å². The van der Waals surface area contributed by atoms with Gasteiger partial charge in [-0.3, -0.25) is 9.52 Å². The molecular weight excluding hydrogens is 312 g/mol. The Hall–Kier alpha value is -2.34. The molecule has 5 nitrogen and oxygen atoms in total. The lowest BCUT2D eigenvalue weighted by atomic mass is 10.1. The van der Waals surface area contributed by atoms with E-state index in [1.807, 2.05) is 13.8 Å². The largest absolute Gasteiger partial charge is 0.352 e. The van der Waals surface area contributed by atoms with Crippen LogP contribution in [0.25, 0.3) is 0 Å². The van der Waals surface area contributed by atoms with Gasteiger partial charge in [0, 0.05) is 6.54 Å². The number of anilines is 1. The van der Waals surface area contributed by atoms with Gasteiger partial charge in [-0.2, -0.15) is 0 Å². The average molecular weight is 332 g/mol. The molecule has 122 valence electrons. The van der Waals surface area contributed by atoms with Crippen molar-refractivity contribution in [1.82, 2.24) is 5.32 Å². The highest BCUT2D eigenvalue weighted by molar-refractivity contribution is 7.92. The molecule has 0 radical (unpaired) electrons. The molecule has 0 heterocycles. The Bertz CT molecular complexity index is 771. The molecule has 0 aliphatic heterocycles. The topological polar surface area (TPSA) is 75.3 Å². The Morgan fingerprint density at radius 1 is 1.00 bits per heavy atom. The normalized spacial score (nSPS) is 11.3. The predicted octanol–water partition coefficient (Wildman–Crippen LogP) is 2.87. The van der Waals surface area contributed by atoms with Crippen LogP contribution in [0.3, 0.4) is 0 Å². The van der Waals surface area contributed by atoms with Gasteiger partial charge in [0.15, 0.2) is 0 Å². The fraction of sp³-hybridized carbons (Fsp3) is 0.235. The number of rotatable bonds is 6. The van der Waals surface area contributed by atoms with Crippen molar-refractivity contribution in [2.24, 2.45) is 5.92 Å². The summed E-state index contributed by atoms with van der Waals surface area (Å²) in [4.78, 5) is 12.4. The SMILES string of the molecule is CC(C)CNC(=O)c1ccccc1NS(=O)(=O)c1ccccc1. The van der Waals surface area contributed by atoms with E-state index in [2.05, 4.69) is 10.0 Å². The van der Waals surface area contributed by atoms with E-state index in [4.69, 9.17) is 0 Å². The van der Waals surface area contributed by atoms with Crippen molar-refractivity contribution < 1.29 is 13.2 Å². The quantitative estimate of drug-likeness (QED) is 0.854. The highest BCUT2D eigenvalue weighted by Gasteiger charge is 2.18. The van der Waals surface area contributed by atoms with Crippen LogP contribution in [-0.4, -0.2) is 20.9 Å². The lowest BCUT2D eigenvalue weighted by molar-refractivity contribution is 0.0950. The van der Waals surface area contributed by atoms with Crippen LogP contribution >= 0.6 is 0 Å². The maximum Gasteiger partial charge on any atom is 0.261 e. The van der Waals surface area contributed by atoms with Crippen LogP contribution in [0, 0.1) is 5.92 Å². The summed E-state index contributed by atoms with van der Waals surface area (Å²) in [5.41, 5.74) is 0.560. The standard InChI is InChI=1S/C17H20N2O3S/c1-13(2)12-18-17(20)15-10-6-7-11-16(15)19-23(21,22)14-8-4-3-5-9-14/h3-11,13,19H,12H2,1-2H3,(H,18,20). The molecule has 0 aromatic heterocycles. The van der Waals surface area contributed by atoms with Crippen molar-refractivity contribution in [1.29, 1.82) is 0 Å². The monoisotopic (exact) mass is 332 g/mol. The Labute approximate surface area is 136 Å². The minimum atomic E-state index is -3.73. The lowest BCUT2D eigenvalue weighted by Crippen LogP contribution is -2.28. The Morgan fingerprint density at radius 2 is 1.61 bits per heavy atom. The van der Waals surface area contributed by atoms with Gasteiger partial charge in [-0.25, -0.2) is 8.42 Å². The summed E-state index contributed by atoms with van der Waals surface area (Å²) in [6.07, 6.45) is 0. The number of carbonyl (C=O) groups excluding carboxylic acids is 1. The van der Waals surface area contributed by atoms with Crippen LogP contribution in [0.4, 0.5) is 5.69 Å². The molecule has 0 saturated heterocycles. The molecule has 0 spiro atoms. The average Bonchev–Trinajstić information content (AvgIpc) is 2.53. The van der Waals surface area contributed by atoms with Crippen LogP contribution < -0.4 is 10.0 Å². The van der Waals surface area contributed by atoms with Crippen molar-refractivity contribution in [3.8, 4) is 0 Å². The lowest BCUT2D eigenvalue weighted by Gasteiger charge is -2.13. The predicted molar refractivity (Wildman–Crippen MR) is 90.9 cm³/mol. The Balaban J connectivity index is 2.26. The van der Waals surface area contributed by atoms with E-state index < -0.39 is 10.0 Å². The summed E-state index contributed by atoms with van der Waals surface area (Å²) in [6, 6.07) is 14.6. The van der Waals surface area contributed by atoms with Gasteiger partial charge in [0.05, 0.1) is 16.1 Å². The zero-order valence-corrected chi connectivity index (χ0v) is 13.9. The van der Waals surface area contributed by atoms with Gasteiger partial charge in [-0.1, -0.05) is 44.2 Å². The van der Waals surface area contributed by atoms with E-state index in [0.717, 1.165) is 0 Å². The van der Waals surface area contributed by atoms with Gasteiger partial charge in [-0.15, -0.1) is 0 Å². The number of sulfonamides is 1. The van der Waals surface area contributed by atoms with E-state index in [9.17, 15) is 13.2 Å². The summed E-state index contributed by atoms with van der Waals surface area (Å²) in [5.74, 6) is 0.0113. The smallest absolute Gasteiger partial charge is 0.261 e. The highest BCUT2D eigenvalue weighted by Crippen LogP contribution is 2.20. The number of para-hydroxylation sites is 1. The van der Waals surface area contributed by atoms with Gasteiger partial charge in [0.25, 0.3) is 15.9 Å². The molecular formula is C17H20N2O3S. The molecule has 0 unspecified atom stereocenters. The fourth-order valence-electron chi connectivity index (χ4n) is 1.97. The first kappa shape index (κ1) is 17.0. The summed E-state index contributed by atoms with van der Waals surface area (Å²) in [6.45, 7) is 4.51. The first-order valence-electron chi connectivity index (χ1n) is 7.35. The third-order valence-electron chi connectivity index (χ3n) is 3.14. The maximum absolute atomic E-state index is 12.4. The molecule has 2 aromatic carbocycles. The zero-order chi connectivity index (χ0) is 16.9. The van der Waals surface area contributed by atoms with Gasteiger partial charge in [0.2, 0.25) is 0 Å². The number of hydrogen-bond donors (Lipinski definition) is 2. The molecule has 0 aliphatic rings. The molecule has 2 aromatic rings. The maximum atomic E-state index is 12.4. The third kappa shape index (κ3) is 4.56. The molecule has 0 bridgehead atoms. The first-order valence-corrected chi connectivity index (χ1v) is 8.83. The second-order valence-electron chi connectivity index (χ2n) is 5.57. The number of amides is 1. The van der Waals surface area contributed by atoms with Gasteiger partial charge >= 0.3 is 0 Å². The van der Waals surface area contributed by atoms with Crippen molar-refractivity contribution in [2.45, 2.75) is 18.7 Å². The summed E-state index contributed by atoms with van der Waals surface area (Å²) < 4.78 is 27.3. The van der Waals surface area contributed by atoms with Crippen LogP contribution in [0.5, 0.6) is 0 Å². The number of benzene rings is 2.